The number of piperidine rings is 1. The zero-order valence-electron chi connectivity index (χ0n) is 11.7. The van der Waals surface area contributed by atoms with Crippen LogP contribution in [0.4, 0.5) is 0 Å². The molecule has 1 fully saturated rings. The van der Waals surface area contributed by atoms with Crippen molar-refractivity contribution in [1.82, 2.24) is 10.2 Å². The minimum Gasteiger partial charge on any atom is -0.352 e. The molecule has 1 saturated heterocycles. The van der Waals surface area contributed by atoms with Gasteiger partial charge in [-0.1, -0.05) is 0 Å². The van der Waals surface area contributed by atoms with Crippen LogP contribution in [0.3, 0.4) is 0 Å². The van der Waals surface area contributed by atoms with E-state index in [0.717, 1.165) is 32.5 Å². The van der Waals surface area contributed by atoms with E-state index >= 15 is 0 Å². The molecule has 1 N–H and O–H groups in total. The number of rotatable bonds is 4. The number of hydrogen-bond acceptors (Lipinski definition) is 2. The van der Waals surface area contributed by atoms with Crippen molar-refractivity contribution in [3.63, 3.8) is 0 Å². The number of carbonyl (C=O) groups excluding carboxylic acids is 1. The molecule has 20 heavy (non-hydrogen) atoms. The molecule has 0 radical (unpaired) electrons. The van der Waals surface area contributed by atoms with E-state index in [2.05, 4.69) is 55.8 Å². The number of carbonyl (C=O) groups is 1. The Morgan fingerprint density at radius 3 is 2.85 bits per heavy atom. The van der Waals surface area contributed by atoms with Gasteiger partial charge in [0.1, 0.15) is 0 Å². The first kappa shape index (κ1) is 16.2. The zero-order valence-corrected chi connectivity index (χ0v) is 15.4. The van der Waals surface area contributed by atoms with Gasteiger partial charge in [-0.15, -0.1) is 0 Å². The number of halogens is 2. The third-order valence-electron chi connectivity index (χ3n) is 3.85. The highest BCUT2D eigenvalue weighted by Gasteiger charge is 2.17. The van der Waals surface area contributed by atoms with Gasteiger partial charge in [-0.25, -0.2) is 0 Å². The van der Waals surface area contributed by atoms with Crippen molar-refractivity contribution < 1.29 is 4.79 Å². The third-order valence-corrected chi connectivity index (χ3v) is 5.21. The Kier molecular flexibility index (Phi) is 6.29. The number of likely N-dealkylation sites (tertiary alicyclic amines) is 1. The largest absolute Gasteiger partial charge is 0.352 e. The van der Waals surface area contributed by atoms with Gasteiger partial charge in [0.25, 0.3) is 5.91 Å². The van der Waals surface area contributed by atoms with E-state index in [4.69, 9.17) is 0 Å². The lowest BCUT2D eigenvalue weighted by molar-refractivity contribution is 0.0948. The van der Waals surface area contributed by atoms with Crippen LogP contribution in [0, 0.1) is 9.49 Å². The third kappa shape index (κ3) is 4.70. The fourth-order valence-corrected chi connectivity index (χ4v) is 3.43. The molecule has 0 unspecified atom stereocenters. The average Bonchev–Trinajstić information content (AvgIpc) is 2.43. The van der Waals surface area contributed by atoms with E-state index in [0.29, 0.717) is 0 Å². The molecule has 2 rings (SSSR count). The predicted octanol–water partition coefficient (Wildman–Crippen LogP) is 3.52. The summed E-state index contributed by atoms with van der Waals surface area (Å²) < 4.78 is 1.93. The molecule has 1 aromatic rings. The van der Waals surface area contributed by atoms with Gasteiger partial charge < -0.3 is 10.2 Å². The van der Waals surface area contributed by atoms with Crippen molar-refractivity contribution in [1.29, 1.82) is 0 Å². The van der Waals surface area contributed by atoms with Gasteiger partial charge >= 0.3 is 0 Å². The maximum Gasteiger partial charge on any atom is 0.252 e. The smallest absolute Gasteiger partial charge is 0.252 e. The van der Waals surface area contributed by atoms with Gasteiger partial charge in [0.15, 0.2) is 0 Å². The first-order valence-electron chi connectivity index (χ1n) is 6.98. The molecule has 110 valence electrons. The number of benzene rings is 1. The first-order chi connectivity index (χ1) is 9.56. The Hall–Kier alpha value is -0.140. The normalized spacial score (nSPS) is 17.1. The summed E-state index contributed by atoms with van der Waals surface area (Å²) in [5.41, 5.74) is 0.722. The van der Waals surface area contributed by atoms with Crippen LogP contribution in [-0.2, 0) is 0 Å². The summed E-state index contributed by atoms with van der Waals surface area (Å²) in [5, 5.41) is 3.04. The van der Waals surface area contributed by atoms with Gasteiger partial charge in [0.2, 0.25) is 0 Å². The van der Waals surface area contributed by atoms with Crippen LogP contribution in [0.15, 0.2) is 22.7 Å². The summed E-state index contributed by atoms with van der Waals surface area (Å²) in [5.74, 6) is 0.772. The van der Waals surface area contributed by atoms with Crippen LogP contribution < -0.4 is 5.32 Å². The van der Waals surface area contributed by atoms with Gasteiger partial charge in [0.05, 0.1) is 5.56 Å². The molecule has 0 spiro atoms. The lowest BCUT2D eigenvalue weighted by Crippen LogP contribution is -2.32. The minimum absolute atomic E-state index is 0.0170. The molecular formula is C15H20BrIN2O. The highest BCUT2D eigenvalue weighted by atomic mass is 127. The number of amides is 1. The van der Waals surface area contributed by atoms with Crippen LogP contribution >= 0.6 is 38.5 Å². The first-order valence-corrected chi connectivity index (χ1v) is 8.85. The Balaban J connectivity index is 1.79. The second kappa shape index (κ2) is 7.75. The molecular weight excluding hydrogens is 431 g/mol. The molecule has 3 nitrogen and oxygen atoms in total. The van der Waals surface area contributed by atoms with Crippen molar-refractivity contribution in [3.05, 3.63) is 31.8 Å². The van der Waals surface area contributed by atoms with Crippen molar-refractivity contribution in [2.24, 2.45) is 5.92 Å². The van der Waals surface area contributed by atoms with Gasteiger partial charge in [-0.05, 0) is 102 Å². The highest BCUT2D eigenvalue weighted by molar-refractivity contribution is 14.1. The fraction of sp³-hybridized carbons (Fsp3) is 0.533. The molecule has 1 heterocycles. The van der Waals surface area contributed by atoms with Gasteiger partial charge in [0, 0.05) is 14.6 Å². The highest BCUT2D eigenvalue weighted by Crippen LogP contribution is 2.20. The van der Waals surface area contributed by atoms with E-state index in [1.807, 2.05) is 18.2 Å². The maximum absolute atomic E-state index is 12.2. The Labute approximate surface area is 142 Å². The lowest BCUT2D eigenvalue weighted by Gasteiger charge is -2.28. The van der Waals surface area contributed by atoms with Crippen LogP contribution in [0.25, 0.3) is 0 Å². The molecule has 0 aromatic heterocycles. The van der Waals surface area contributed by atoms with Gasteiger partial charge in [-0.3, -0.25) is 4.79 Å². The van der Waals surface area contributed by atoms with E-state index in [9.17, 15) is 4.79 Å². The predicted molar refractivity (Wildman–Crippen MR) is 94.0 cm³/mol. The monoisotopic (exact) mass is 450 g/mol. The number of hydrogen-bond donors (Lipinski definition) is 1. The lowest BCUT2D eigenvalue weighted by atomic mass is 9.94. The topological polar surface area (TPSA) is 32.3 Å². The van der Waals surface area contributed by atoms with Crippen molar-refractivity contribution in [2.45, 2.75) is 19.3 Å². The van der Waals surface area contributed by atoms with Crippen LogP contribution in [0.5, 0.6) is 0 Å². The van der Waals surface area contributed by atoms with Crippen molar-refractivity contribution >= 4 is 44.4 Å². The summed E-state index contributed by atoms with van der Waals surface area (Å²) in [6.45, 7) is 3.13. The quantitative estimate of drug-likeness (QED) is 0.712. The summed E-state index contributed by atoms with van der Waals surface area (Å²) >= 11 is 5.66. The van der Waals surface area contributed by atoms with Crippen LogP contribution in [0.1, 0.15) is 29.6 Å². The Morgan fingerprint density at radius 1 is 1.45 bits per heavy atom. The fourth-order valence-electron chi connectivity index (χ4n) is 2.51. The molecule has 1 aliphatic heterocycles. The minimum atomic E-state index is 0.0170. The van der Waals surface area contributed by atoms with Crippen molar-refractivity contribution in [2.75, 3.05) is 26.7 Å². The van der Waals surface area contributed by atoms with Crippen LogP contribution in [0.2, 0.25) is 0 Å². The molecule has 0 saturated carbocycles. The Bertz CT molecular complexity index is 473. The zero-order chi connectivity index (χ0) is 14.5. The number of nitrogens with zero attached hydrogens (tertiary/aromatic N) is 1. The second-order valence-corrected chi connectivity index (χ2v) is 7.52. The molecule has 0 bridgehead atoms. The van der Waals surface area contributed by atoms with E-state index < -0.39 is 0 Å². The maximum atomic E-state index is 12.2. The molecule has 1 amide bonds. The summed E-state index contributed by atoms with van der Waals surface area (Å²) in [7, 11) is 2.17. The Morgan fingerprint density at radius 2 is 2.15 bits per heavy atom. The standard InChI is InChI=1S/C15H20BrIN2O/c1-19-8-5-11(6-9-19)4-7-18-15(20)13-10-12(17)2-3-14(13)16/h2-3,10-11H,4-9H2,1H3,(H,18,20). The van der Waals surface area contributed by atoms with Crippen molar-refractivity contribution in [3.8, 4) is 0 Å². The van der Waals surface area contributed by atoms with E-state index in [1.165, 1.54) is 25.9 Å². The summed E-state index contributed by atoms with van der Waals surface area (Å²) in [6.07, 6.45) is 3.58. The molecule has 1 aromatic carbocycles. The molecule has 5 heteroatoms. The number of nitrogens with one attached hydrogen (secondary N) is 1. The summed E-state index contributed by atoms with van der Waals surface area (Å²) in [4.78, 5) is 14.5. The molecule has 0 atom stereocenters. The van der Waals surface area contributed by atoms with Crippen LogP contribution in [-0.4, -0.2) is 37.5 Å². The average molecular weight is 451 g/mol. The van der Waals surface area contributed by atoms with E-state index in [1.54, 1.807) is 0 Å². The summed E-state index contributed by atoms with van der Waals surface area (Å²) in [6, 6.07) is 5.82. The van der Waals surface area contributed by atoms with E-state index in [-0.39, 0.29) is 5.91 Å². The molecule has 1 aliphatic rings. The molecule has 0 aliphatic carbocycles. The van der Waals surface area contributed by atoms with Gasteiger partial charge in [-0.2, -0.15) is 0 Å². The SMILES string of the molecule is CN1CCC(CCNC(=O)c2cc(I)ccc2Br)CC1. The second-order valence-electron chi connectivity index (χ2n) is 5.42.